The predicted molar refractivity (Wildman–Crippen MR) is 88.9 cm³/mol. The molecule has 2 N–H and O–H groups in total. The van der Waals surface area contributed by atoms with Crippen molar-refractivity contribution >= 4 is 9.84 Å². The minimum Gasteiger partial charge on any atom is -0.490 e. The second-order valence-corrected chi connectivity index (χ2v) is 7.76. The fourth-order valence-corrected chi connectivity index (χ4v) is 4.45. The van der Waals surface area contributed by atoms with E-state index in [4.69, 9.17) is 9.47 Å². The van der Waals surface area contributed by atoms with Gasteiger partial charge in [-0.1, -0.05) is 6.07 Å². The SMILES string of the molecule is CCOc1ccc(CCN[C@H]2CS(=O)(=O)C[C@@H]2O)cc1OCC. The van der Waals surface area contributed by atoms with Crippen LogP contribution in [0.15, 0.2) is 18.2 Å². The Balaban J connectivity index is 1.91. The fourth-order valence-electron chi connectivity index (χ4n) is 2.68. The van der Waals surface area contributed by atoms with E-state index in [1.54, 1.807) is 0 Å². The molecule has 1 aromatic rings. The lowest BCUT2D eigenvalue weighted by molar-refractivity contribution is 0.166. The van der Waals surface area contributed by atoms with Crippen molar-refractivity contribution in [2.45, 2.75) is 32.4 Å². The Kier molecular flexibility index (Phi) is 6.26. The van der Waals surface area contributed by atoms with Crippen molar-refractivity contribution in [3.05, 3.63) is 23.8 Å². The highest BCUT2D eigenvalue weighted by atomic mass is 32.2. The van der Waals surface area contributed by atoms with E-state index in [0.29, 0.717) is 19.8 Å². The summed E-state index contributed by atoms with van der Waals surface area (Å²) in [5.74, 6) is 1.29. The molecule has 130 valence electrons. The zero-order chi connectivity index (χ0) is 16.9. The number of sulfone groups is 1. The molecule has 0 radical (unpaired) electrons. The van der Waals surface area contributed by atoms with Gasteiger partial charge in [-0.05, 0) is 44.5 Å². The lowest BCUT2D eigenvalue weighted by atomic mass is 10.1. The Labute approximate surface area is 137 Å². The maximum absolute atomic E-state index is 11.5. The molecule has 0 saturated carbocycles. The summed E-state index contributed by atoms with van der Waals surface area (Å²) in [5.41, 5.74) is 1.07. The standard InChI is InChI=1S/C16H25NO5S/c1-3-21-15-6-5-12(9-16(15)22-4-2)7-8-17-13-10-23(19,20)11-14(13)18/h5-6,9,13-14,17-18H,3-4,7-8,10-11H2,1-2H3/t13-,14-/m0/s1. The molecular formula is C16H25NO5S. The van der Waals surface area contributed by atoms with Crippen LogP contribution in [0.4, 0.5) is 0 Å². The number of hydrogen-bond acceptors (Lipinski definition) is 6. The van der Waals surface area contributed by atoms with Crippen LogP contribution in [-0.2, 0) is 16.3 Å². The van der Waals surface area contributed by atoms with Crippen LogP contribution in [0.1, 0.15) is 19.4 Å². The first-order valence-corrected chi connectivity index (χ1v) is 9.77. The summed E-state index contributed by atoms with van der Waals surface area (Å²) >= 11 is 0. The largest absolute Gasteiger partial charge is 0.490 e. The fraction of sp³-hybridized carbons (Fsp3) is 0.625. The molecule has 0 amide bonds. The van der Waals surface area contributed by atoms with Crippen molar-refractivity contribution in [3.63, 3.8) is 0 Å². The third kappa shape index (κ3) is 5.09. The smallest absolute Gasteiger partial charge is 0.161 e. The van der Waals surface area contributed by atoms with Gasteiger partial charge in [-0.25, -0.2) is 8.42 Å². The Hall–Kier alpha value is -1.31. The summed E-state index contributed by atoms with van der Waals surface area (Å²) < 4.78 is 34.1. The van der Waals surface area contributed by atoms with Gasteiger partial charge in [0.15, 0.2) is 21.3 Å². The van der Waals surface area contributed by atoms with Gasteiger partial charge in [0, 0.05) is 6.04 Å². The van der Waals surface area contributed by atoms with Crippen molar-refractivity contribution < 1.29 is 23.0 Å². The molecule has 0 aliphatic carbocycles. The van der Waals surface area contributed by atoms with Gasteiger partial charge in [0.05, 0.1) is 30.8 Å². The average Bonchev–Trinajstić information content (AvgIpc) is 2.74. The molecule has 2 rings (SSSR count). The molecule has 1 saturated heterocycles. The van der Waals surface area contributed by atoms with Gasteiger partial charge in [0.25, 0.3) is 0 Å². The molecule has 1 fully saturated rings. The third-order valence-corrected chi connectivity index (χ3v) is 5.47. The first kappa shape index (κ1) is 18.0. The number of benzene rings is 1. The summed E-state index contributed by atoms with van der Waals surface area (Å²) in [6.45, 7) is 5.58. The second kappa shape index (κ2) is 7.99. The highest BCUT2D eigenvalue weighted by molar-refractivity contribution is 7.91. The Morgan fingerprint density at radius 2 is 1.87 bits per heavy atom. The minimum atomic E-state index is -3.11. The van der Waals surface area contributed by atoms with Crippen LogP contribution >= 0.6 is 0 Å². The monoisotopic (exact) mass is 343 g/mol. The number of hydrogen-bond donors (Lipinski definition) is 2. The molecule has 1 aromatic carbocycles. The highest BCUT2D eigenvalue weighted by Crippen LogP contribution is 2.28. The zero-order valence-electron chi connectivity index (χ0n) is 13.6. The first-order valence-electron chi connectivity index (χ1n) is 7.95. The van der Waals surface area contributed by atoms with Crippen LogP contribution in [0.5, 0.6) is 11.5 Å². The predicted octanol–water partition coefficient (Wildman–Crippen LogP) is 0.774. The summed E-state index contributed by atoms with van der Waals surface area (Å²) in [5, 5.41) is 12.9. The first-order chi connectivity index (χ1) is 10.9. The Morgan fingerprint density at radius 3 is 2.48 bits per heavy atom. The Morgan fingerprint density at radius 1 is 1.17 bits per heavy atom. The summed E-state index contributed by atoms with van der Waals surface area (Å²) in [6, 6.07) is 5.42. The molecule has 0 bridgehead atoms. The van der Waals surface area contributed by atoms with Gasteiger partial charge in [-0.2, -0.15) is 0 Å². The van der Waals surface area contributed by atoms with Gasteiger partial charge in [-0.3, -0.25) is 0 Å². The number of ether oxygens (including phenoxy) is 2. The molecule has 0 spiro atoms. The lowest BCUT2D eigenvalue weighted by Gasteiger charge is -2.16. The van der Waals surface area contributed by atoms with Gasteiger partial charge in [-0.15, -0.1) is 0 Å². The van der Waals surface area contributed by atoms with Crippen LogP contribution in [0.25, 0.3) is 0 Å². The molecule has 1 aliphatic heterocycles. The van der Waals surface area contributed by atoms with Crippen molar-refractivity contribution in [3.8, 4) is 11.5 Å². The maximum Gasteiger partial charge on any atom is 0.161 e. The third-order valence-electron chi connectivity index (χ3n) is 3.75. The highest BCUT2D eigenvalue weighted by Gasteiger charge is 2.35. The second-order valence-electron chi connectivity index (χ2n) is 5.60. The van der Waals surface area contributed by atoms with Gasteiger partial charge >= 0.3 is 0 Å². The summed E-state index contributed by atoms with van der Waals surface area (Å²) in [6.07, 6.45) is -0.102. The minimum absolute atomic E-state index is 0.00163. The summed E-state index contributed by atoms with van der Waals surface area (Å²) in [7, 11) is -3.11. The maximum atomic E-state index is 11.5. The molecule has 23 heavy (non-hydrogen) atoms. The molecule has 0 aromatic heterocycles. The van der Waals surface area contributed by atoms with Crippen LogP contribution in [0.3, 0.4) is 0 Å². The zero-order valence-corrected chi connectivity index (χ0v) is 14.4. The van der Waals surface area contributed by atoms with E-state index in [1.165, 1.54) is 0 Å². The van der Waals surface area contributed by atoms with E-state index in [1.807, 2.05) is 32.0 Å². The molecule has 1 aliphatic rings. The number of rotatable bonds is 8. The van der Waals surface area contributed by atoms with Gasteiger partial charge in [0.2, 0.25) is 0 Å². The van der Waals surface area contributed by atoms with Crippen LogP contribution in [-0.4, -0.2) is 56.9 Å². The van der Waals surface area contributed by atoms with Crippen molar-refractivity contribution in [1.29, 1.82) is 0 Å². The molecule has 7 heteroatoms. The molecule has 0 unspecified atom stereocenters. The normalized spacial score (nSPS) is 22.9. The molecule has 6 nitrogen and oxygen atoms in total. The number of nitrogens with one attached hydrogen (secondary N) is 1. The van der Waals surface area contributed by atoms with E-state index in [-0.39, 0.29) is 17.5 Å². The molecule has 2 atom stereocenters. The van der Waals surface area contributed by atoms with E-state index >= 15 is 0 Å². The van der Waals surface area contributed by atoms with Crippen LogP contribution in [0.2, 0.25) is 0 Å². The number of aliphatic hydroxyl groups excluding tert-OH is 1. The van der Waals surface area contributed by atoms with Crippen LogP contribution < -0.4 is 14.8 Å². The topological polar surface area (TPSA) is 84.9 Å². The van der Waals surface area contributed by atoms with E-state index < -0.39 is 15.9 Å². The quantitative estimate of drug-likeness (QED) is 0.725. The summed E-state index contributed by atoms with van der Waals surface area (Å²) in [4.78, 5) is 0. The van der Waals surface area contributed by atoms with Crippen molar-refractivity contribution in [2.24, 2.45) is 0 Å². The van der Waals surface area contributed by atoms with E-state index in [2.05, 4.69) is 5.32 Å². The average molecular weight is 343 g/mol. The van der Waals surface area contributed by atoms with Gasteiger partial charge in [0.1, 0.15) is 0 Å². The molecular weight excluding hydrogens is 318 g/mol. The van der Waals surface area contributed by atoms with Crippen molar-refractivity contribution in [1.82, 2.24) is 5.32 Å². The van der Waals surface area contributed by atoms with Gasteiger partial charge < -0.3 is 19.9 Å². The van der Waals surface area contributed by atoms with E-state index in [9.17, 15) is 13.5 Å². The van der Waals surface area contributed by atoms with E-state index in [0.717, 1.165) is 23.5 Å². The Bertz CT molecular complexity index is 617. The van der Waals surface area contributed by atoms with Crippen LogP contribution in [0, 0.1) is 0 Å². The van der Waals surface area contributed by atoms with Crippen molar-refractivity contribution in [2.75, 3.05) is 31.3 Å². The molecule has 1 heterocycles. The number of aliphatic hydroxyl groups is 1. The lowest BCUT2D eigenvalue weighted by Crippen LogP contribution is -2.39.